The molecule has 0 saturated carbocycles. The normalized spacial score (nSPS) is 11.4. The number of anilines is 1. The van der Waals surface area contributed by atoms with Crippen molar-refractivity contribution in [3.8, 4) is 22.4 Å². The van der Waals surface area contributed by atoms with E-state index in [9.17, 15) is 17.6 Å². The molecule has 0 radical (unpaired) electrons. The molecule has 1 amide bonds. The Labute approximate surface area is 204 Å². The molecule has 0 N–H and O–H groups in total. The summed E-state index contributed by atoms with van der Waals surface area (Å²) >= 11 is 0. The summed E-state index contributed by atoms with van der Waals surface area (Å²) < 4.78 is 77.5. The lowest BCUT2D eigenvalue weighted by Gasteiger charge is -2.22. The van der Waals surface area contributed by atoms with Crippen LogP contribution < -0.4 is 4.31 Å². The van der Waals surface area contributed by atoms with E-state index in [1.54, 1.807) is 25.3 Å². The second-order valence-electron chi connectivity index (χ2n) is 7.44. The SMILES string of the molecule is CCn1cc(-c2ccncc2)c(-c2c(F)ccc(N(C(=O)OC)S(=O)(=O)c3cccc(F)c3)c2F)n1. The van der Waals surface area contributed by atoms with E-state index in [1.165, 1.54) is 17.1 Å². The van der Waals surface area contributed by atoms with E-state index in [-0.39, 0.29) is 10.00 Å². The molecule has 2 aromatic heterocycles. The number of carbonyl (C=O) groups excluding carboxylic acids is 1. The number of pyridine rings is 1. The number of carbonyl (C=O) groups is 1. The number of aromatic nitrogens is 3. The van der Waals surface area contributed by atoms with Crippen LogP contribution in [0.2, 0.25) is 0 Å². The first-order valence-electron chi connectivity index (χ1n) is 10.5. The maximum absolute atomic E-state index is 16.0. The van der Waals surface area contributed by atoms with E-state index in [2.05, 4.69) is 14.8 Å². The number of rotatable bonds is 6. The minimum atomic E-state index is -4.86. The number of aryl methyl sites for hydroxylation is 1. The van der Waals surface area contributed by atoms with Crippen molar-refractivity contribution in [3.05, 3.63) is 84.6 Å². The van der Waals surface area contributed by atoms with Crippen molar-refractivity contribution in [1.82, 2.24) is 14.8 Å². The fourth-order valence-electron chi connectivity index (χ4n) is 3.57. The first-order chi connectivity index (χ1) is 17.2. The molecule has 0 aliphatic carbocycles. The topological polar surface area (TPSA) is 94.4 Å². The largest absolute Gasteiger partial charge is 0.452 e. The van der Waals surface area contributed by atoms with Crippen LogP contribution in [0, 0.1) is 17.5 Å². The molecular formula is C24H19F3N4O4S. The molecule has 4 aromatic rings. The van der Waals surface area contributed by atoms with Crippen molar-refractivity contribution in [2.45, 2.75) is 18.4 Å². The Morgan fingerprint density at radius 1 is 1.08 bits per heavy atom. The maximum Gasteiger partial charge on any atom is 0.428 e. The van der Waals surface area contributed by atoms with E-state index >= 15 is 8.78 Å². The molecule has 12 heteroatoms. The summed E-state index contributed by atoms with van der Waals surface area (Å²) in [5.41, 5.74) is -0.690. The summed E-state index contributed by atoms with van der Waals surface area (Å²) in [4.78, 5) is 15.9. The second kappa shape index (κ2) is 9.82. The molecule has 0 bridgehead atoms. The van der Waals surface area contributed by atoms with Crippen molar-refractivity contribution in [2.24, 2.45) is 0 Å². The number of methoxy groups -OCH3 is 1. The number of ether oxygens (including phenoxy) is 1. The van der Waals surface area contributed by atoms with Gasteiger partial charge in [-0.05, 0) is 55.0 Å². The van der Waals surface area contributed by atoms with Gasteiger partial charge < -0.3 is 4.74 Å². The molecule has 0 saturated heterocycles. The Morgan fingerprint density at radius 3 is 2.44 bits per heavy atom. The zero-order chi connectivity index (χ0) is 26.0. The predicted octanol–water partition coefficient (Wildman–Crippen LogP) is 5.01. The van der Waals surface area contributed by atoms with Crippen molar-refractivity contribution >= 4 is 21.8 Å². The smallest absolute Gasteiger partial charge is 0.428 e. The van der Waals surface area contributed by atoms with E-state index in [4.69, 9.17) is 0 Å². The van der Waals surface area contributed by atoms with Gasteiger partial charge in [-0.2, -0.15) is 9.40 Å². The zero-order valence-corrected chi connectivity index (χ0v) is 19.8. The van der Waals surface area contributed by atoms with Gasteiger partial charge in [0.2, 0.25) is 0 Å². The summed E-state index contributed by atoms with van der Waals surface area (Å²) in [6, 6.07) is 8.64. The van der Waals surface area contributed by atoms with Gasteiger partial charge in [0, 0.05) is 30.7 Å². The predicted molar refractivity (Wildman–Crippen MR) is 125 cm³/mol. The van der Waals surface area contributed by atoms with Gasteiger partial charge in [0.15, 0.2) is 5.82 Å². The van der Waals surface area contributed by atoms with E-state index in [0.29, 0.717) is 23.7 Å². The van der Waals surface area contributed by atoms with Crippen LogP contribution in [0.1, 0.15) is 6.92 Å². The van der Waals surface area contributed by atoms with Crippen LogP contribution in [-0.4, -0.2) is 36.4 Å². The summed E-state index contributed by atoms with van der Waals surface area (Å²) in [6.45, 7) is 2.16. The molecule has 2 heterocycles. The number of nitrogens with zero attached hydrogens (tertiary/aromatic N) is 4. The van der Waals surface area contributed by atoms with E-state index in [0.717, 1.165) is 37.4 Å². The Kier molecular flexibility index (Phi) is 6.80. The van der Waals surface area contributed by atoms with Crippen LogP contribution in [-0.2, 0) is 21.3 Å². The maximum atomic E-state index is 16.0. The monoisotopic (exact) mass is 516 g/mol. The highest BCUT2D eigenvalue weighted by molar-refractivity contribution is 7.93. The highest BCUT2D eigenvalue weighted by Crippen LogP contribution is 2.39. The van der Waals surface area contributed by atoms with Crippen LogP contribution in [0.5, 0.6) is 0 Å². The highest BCUT2D eigenvalue weighted by Gasteiger charge is 2.36. The minimum Gasteiger partial charge on any atom is -0.452 e. The fourth-order valence-corrected chi connectivity index (χ4v) is 4.96. The van der Waals surface area contributed by atoms with Gasteiger partial charge in [0.25, 0.3) is 10.0 Å². The van der Waals surface area contributed by atoms with Gasteiger partial charge in [0.05, 0.1) is 17.6 Å². The van der Waals surface area contributed by atoms with Crippen molar-refractivity contribution < 1.29 is 31.1 Å². The summed E-state index contributed by atoms with van der Waals surface area (Å²) in [5, 5.41) is 4.28. The molecule has 0 spiro atoms. The lowest BCUT2D eigenvalue weighted by molar-refractivity contribution is 0.183. The Bertz CT molecular complexity index is 1540. The zero-order valence-electron chi connectivity index (χ0n) is 19.0. The molecule has 0 fully saturated rings. The molecule has 0 unspecified atom stereocenters. The quantitative estimate of drug-likeness (QED) is 0.358. The Hall–Kier alpha value is -4.19. The third-order valence-electron chi connectivity index (χ3n) is 5.28. The molecule has 8 nitrogen and oxygen atoms in total. The van der Waals surface area contributed by atoms with Gasteiger partial charge in [-0.3, -0.25) is 9.67 Å². The molecule has 0 atom stereocenters. The van der Waals surface area contributed by atoms with Crippen molar-refractivity contribution in [3.63, 3.8) is 0 Å². The lowest BCUT2D eigenvalue weighted by Crippen LogP contribution is -2.37. The molecule has 36 heavy (non-hydrogen) atoms. The second-order valence-corrected chi connectivity index (χ2v) is 9.22. The van der Waals surface area contributed by atoms with Gasteiger partial charge in [-0.15, -0.1) is 0 Å². The number of halogens is 3. The van der Waals surface area contributed by atoms with Gasteiger partial charge in [0.1, 0.15) is 23.0 Å². The van der Waals surface area contributed by atoms with Crippen LogP contribution in [0.15, 0.2) is 72.0 Å². The summed E-state index contributed by atoms with van der Waals surface area (Å²) in [7, 11) is -3.97. The van der Waals surface area contributed by atoms with Crippen molar-refractivity contribution in [2.75, 3.05) is 11.4 Å². The molecule has 2 aromatic carbocycles. The highest BCUT2D eigenvalue weighted by atomic mass is 32.2. The van der Waals surface area contributed by atoms with Crippen LogP contribution in [0.3, 0.4) is 0 Å². The first kappa shape index (κ1) is 24.9. The fraction of sp³-hybridized carbons (Fsp3) is 0.125. The third-order valence-corrected chi connectivity index (χ3v) is 6.95. The summed E-state index contributed by atoms with van der Waals surface area (Å²) in [6.07, 6.45) is 3.09. The average Bonchev–Trinajstić information content (AvgIpc) is 3.30. The molecule has 0 aliphatic heterocycles. The number of hydrogen-bond donors (Lipinski definition) is 0. The van der Waals surface area contributed by atoms with Gasteiger partial charge in [-0.1, -0.05) is 6.07 Å². The number of hydrogen-bond acceptors (Lipinski definition) is 6. The van der Waals surface area contributed by atoms with E-state index < -0.39 is 49.7 Å². The van der Waals surface area contributed by atoms with Gasteiger partial charge in [-0.25, -0.2) is 26.4 Å². The summed E-state index contributed by atoms with van der Waals surface area (Å²) in [5.74, 6) is -3.31. The Balaban J connectivity index is 1.97. The molecule has 0 aliphatic rings. The Morgan fingerprint density at radius 2 is 1.81 bits per heavy atom. The molecular weight excluding hydrogens is 497 g/mol. The molecule has 186 valence electrons. The average molecular weight is 517 g/mol. The number of amides is 1. The van der Waals surface area contributed by atoms with Crippen molar-refractivity contribution in [1.29, 1.82) is 0 Å². The van der Waals surface area contributed by atoms with Crippen LogP contribution in [0.25, 0.3) is 22.4 Å². The minimum absolute atomic E-state index is 0.0168. The third kappa shape index (κ3) is 4.42. The standard InChI is InChI=1S/C24H19F3N4O4S/c1-3-30-14-18(15-9-11-28-12-10-15)23(29-30)21-19(26)7-8-20(22(21)27)31(24(32)35-2)36(33,34)17-6-4-5-16(25)13-17/h4-14H,3H2,1-2H3. The van der Waals surface area contributed by atoms with Crippen LogP contribution in [0.4, 0.5) is 23.7 Å². The van der Waals surface area contributed by atoms with Crippen LogP contribution >= 0.6 is 0 Å². The number of benzene rings is 2. The van der Waals surface area contributed by atoms with E-state index in [1.807, 2.05) is 0 Å². The number of sulfonamides is 1. The van der Waals surface area contributed by atoms with Gasteiger partial charge >= 0.3 is 6.09 Å². The lowest BCUT2D eigenvalue weighted by atomic mass is 10.0. The molecule has 4 rings (SSSR count). The first-order valence-corrected chi connectivity index (χ1v) is 12.0.